The molecular weight excluding hydrogens is 344 g/mol. The van der Waals surface area contributed by atoms with Crippen LogP contribution in [0.1, 0.15) is 18.4 Å². The maximum absolute atomic E-state index is 12.2. The molecule has 1 saturated carbocycles. The van der Waals surface area contributed by atoms with Gasteiger partial charge in [-0.1, -0.05) is 24.0 Å². The zero-order chi connectivity index (χ0) is 18.6. The van der Waals surface area contributed by atoms with E-state index in [-0.39, 0.29) is 11.8 Å². The van der Waals surface area contributed by atoms with Gasteiger partial charge >= 0.3 is 5.69 Å². The monoisotopic (exact) mass is 366 g/mol. The van der Waals surface area contributed by atoms with E-state index in [9.17, 15) is 4.79 Å². The third-order valence-corrected chi connectivity index (χ3v) is 4.57. The largest absolute Gasteiger partial charge is 0.476 e. The van der Waals surface area contributed by atoms with E-state index >= 15 is 0 Å². The molecule has 2 fully saturated rings. The highest BCUT2D eigenvalue weighted by atomic mass is 16.6. The van der Waals surface area contributed by atoms with Crippen molar-refractivity contribution in [2.45, 2.75) is 18.9 Å². The summed E-state index contributed by atoms with van der Waals surface area (Å²) in [6.45, 7) is 1.99. The van der Waals surface area contributed by atoms with E-state index in [2.05, 4.69) is 16.8 Å². The summed E-state index contributed by atoms with van der Waals surface area (Å²) in [6, 6.07) is 9.55. The molecule has 6 heteroatoms. The molecule has 2 heterocycles. The fourth-order valence-electron chi connectivity index (χ4n) is 2.75. The van der Waals surface area contributed by atoms with E-state index in [1.165, 1.54) is 17.4 Å². The first-order valence-corrected chi connectivity index (χ1v) is 9.21. The van der Waals surface area contributed by atoms with Crippen molar-refractivity contribution in [2.75, 3.05) is 26.4 Å². The maximum Gasteiger partial charge on any atom is 0.350 e. The second-order valence-electron chi connectivity index (χ2n) is 6.82. The van der Waals surface area contributed by atoms with Crippen molar-refractivity contribution in [3.05, 3.63) is 46.4 Å². The lowest BCUT2D eigenvalue weighted by Gasteiger charge is -2.23. The van der Waals surface area contributed by atoms with Crippen LogP contribution in [0.15, 0.2) is 35.1 Å². The molecular formula is C21H22N2O4. The van der Waals surface area contributed by atoms with E-state index < -0.39 is 0 Å². The van der Waals surface area contributed by atoms with Gasteiger partial charge in [0.2, 0.25) is 0 Å². The molecule has 0 radical (unpaired) electrons. The summed E-state index contributed by atoms with van der Waals surface area (Å²) in [4.78, 5) is 16.4. The van der Waals surface area contributed by atoms with Crippen LogP contribution in [0.5, 0.6) is 5.88 Å². The van der Waals surface area contributed by atoms with E-state index in [1.54, 1.807) is 13.1 Å². The molecule has 0 N–H and O–H groups in total. The molecule has 0 amide bonds. The van der Waals surface area contributed by atoms with Crippen LogP contribution in [-0.2, 0) is 16.5 Å². The molecule has 1 unspecified atom stereocenters. The molecule has 6 nitrogen and oxygen atoms in total. The minimum Gasteiger partial charge on any atom is -0.476 e. The van der Waals surface area contributed by atoms with Crippen LogP contribution in [0.3, 0.4) is 0 Å². The van der Waals surface area contributed by atoms with Crippen molar-refractivity contribution < 1.29 is 14.2 Å². The van der Waals surface area contributed by atoms with Crippen molar-refractivity contribution in [3.8, 4) is 29.0 Å². The van der Waals surface area contributed by atoms with Gasteiger partial charge in [0.05, 0.1) is 25.5 Å². The first kappa shape index (κ1) is 17.8. The molecule has 2 aliphatic rings. The molecule has 1 aliphatic carbocycles. The Balaban J connectivity index is 1.51. The molecule has 1 aromatic carbocycles. The Morgan fingerprint density at radius 1 is 1.26 bits per heavy atom. The zero-order valence-electron chi connectivity index (χ0n) is 15.3. The van der Waals surface area contributed by atoms with Crippen LogP contribution in [-0.4, -0.2) is 42.1 Å². The molecule has 1 atom stereocenters. The van der Waals surface area contributed by atoms with Gasteiger partial charge in [-0.2, -0.15) is 4.98 Å². The SMILES string of the molecule is Cn1c(OCC2COCCO2)cc(-c2ccc(C#CC3CC3)cc2)nc1=O. The fourth-order valence-corrected chi connectivity index (χ4v) is 2.75. The van der Waals surface area contributed by atoms with E-state index in [4.69, 9.17) is 14.2 Å². The fraction of sp³-hybridized carbons (Fsp3) is 0.429. The summed E-state index contributed by atoms with van der Waals surface area (Å²) >= 11 is 0. The smallest absolute Gasteiger partial charge is 0.350 e. The van der Waals surface area contributed by atoms with Crippen molar-refractivity contribution in [1.82, 2.24) is 9.55 Å². The zero-order valence-corrected chi connectivity index (χ0v) is 15.3. The van der Waals surface area contributed by atoms with Crippen LogP contribution in [0.2, 0.25) is 0 Å². The molecule has 1 saturated heterocycles. The van der Waals surface area contributed by atoms with Gasteiger partial charge in [0.15, 0.2) is 5.88 Å². The number of aromatic nitrogens is 2. The third kappa shape index (κ3) is 4.57. The van der Waals surface area contributed by atoms with E-state index in [0.29, 0.717) is 43.9 Å². The number of rotatable bonds is 4. The number of hydrogen-bond donors (Lipinski definition) is 0. The van der Waals surface area contributed by atoms with Crippen LogP contribution < -0.4 is 10.4 Å². The van der Waals surface area contributed by atoms with E-state index in [0.717, 1.165) is 11.1 Å². The van der Waals surface area contributed by atoms with Gasteiger partial charge in [-0.25, -0.2) is 4.79 Å². The molecule has 0 bridgehead atoms. The van der Waals surface area contributed by atoms with Gasteiger partial charge in [-0.05, 0) is 25.0 Å². The average molecular weight is 366 g/mol. The Labute approximate surface area is 158 Å². The Kier molecular flexibility index (Phi) is 5.23. The minimum absolute atomic E-state index is 0.130. The molecule has 2 aromatic rings. The number of nitrogens with zero attached hydrogens (tertiary/aromatic N) is 2. The summed E-state index contributed by atoms with van der Waals surface area (Å²) < 4.78 is 18.1. The van der Waals surface area contributed by atoms with Crippen molar-refractivity contribution in [1.29, 1.82) is 0 Å². The lowest BCUT2D eigenvalue weighted by atomic mass is 10.1. The lowest BCUT2D eigenvalue weighted by Crippen LogP contribution is -2.34. The second kappa shape index (κ2) is 7.95. The summed E-state index contributed by atoms with van der Waals surface area (Å²) in [6.07, 6.45) is 2.29. The predicted octanol–water partition coefficient (Wildman–Crippen LogP) is 2.00. The van der Waals surface area contributed by atoms with Gasteiger partial charge in [-0.15, -0.1) is 0 Å². The third-order valence-electron chi connectivity index (χ3n) is 4.57. The minimum atomic E-state index is -0.360. The quantitative estimate of drug-likeness (QED) is 0.775. The Morgan fingerprint density at radius 3 is 2.78 bits per heavy atom. The van der Waals surface area contributed by atoms with E-state index in [1.807, 2.05) is 24.3 Å². The lowest BCUT2D eigenvalue weighted by molar-refractivity contribution is -0.102. The highest BCUT2D eigenvalue weighted by Gasteiger charge is 2.18. The predicted molar refractivity (Wildman–Crippen MR) is 101 cm³/mol. The molecule has 27 heavy (non-hydrogen) atoms. The Hall–Kier alpha value is -2.62. The number of ether oxygens (including phenoxy) is 3. The number of benzene rings is 1. The van der Waals surface area contributed by atoms with Gasteiger partial charge in [0, 0.05) is 30.2 Å². The first-order chi connectivity index (χ1) is 13.2. The van der Waals surface area contributed by atoms with Gasteiger partial charge in [0.25, 0.3) is 0 Å². The summed E-state index contributed by atoms with van der Waals surface area (Å²) in [5, 5.41) is 0. The Morgan fingerprint density at radius 2 is 2.07 bits per heavy atom. The molecule has 1 aromatic heterocycles. The highest BCUT2D eigenvalue weighted by Crippen LogP contribution is 2.27. The normalized spacial score (nSPS) is 19.2. The van der Waals surface area contributed by atoms with Gasteiger partial charge in [-0.3, -0.25) is 4.57 Å². The van der Waals surface area contributed by atoms with Crippen LogP contribution in [0.4, 0.5) is 0 Å². The molecule has 0 spiro atoms. The van der Waals surface area contributed by atoms with Crippen molar-refractivity contribution in [2.24, 2.45) is 13.0 Å². The topological polar surface area (TPSA) is 62.6 Å². The molecule has 4 rings (SSSR count). The number of hydrogen-bond acceptors (Lipinski definition) is 5. The Bertz CT molecular complexity index is 914. The summed E-state index contributed by atoms with van der Waals surface area (Å²) in [7, 11) is 1.64. The average Bonchev–Trinajstić information content (AvgIpc) is 3.53. The molecule has 140 valence electrons. The van der Waals surface area contributed by atoms with Crippen LogP contribution in [0, 0.1) is 17.8 Å². The van der Waals surface area contributed by atoms with Crippen molar-refractivity contribution in [3.63, 3.8) is 0 Å². The molecule has 1 aliphatic heterocycles. The maximum atomic E-state index is 12.2. The summed E-state index contributed by atoms with van der Waals surface area (Å²) in [5.41, 5.74) is 2.05. The summed E-state index contributed by atoms with van der Waals surface area (Å²) in [5.74, 6) is 7.46. The highest BCUT2D eigenvalue weighted by molar-refractivity contribution is 5.61. The second-order valence-corrected chi connectivity index (χ2v) is 6.82. The van der Waals surface area contributed by atoms with Crippen LogP contribution in [0.25, 0.3) is 11.3 Å². The standard InChI is InChI=1S/C21H22N2O4/c1-23-20(27-14-18-13-25-10-11-26-18)12-19(22-21(23)24)17-8-6-16(7-9-17)5-4-15-2-3-15/h6-9,12,15,18H,2-3,10-11,13-14H2,1H3. The van der Waals surface area contributed by atoms with Crippen molar-refractivity contribution >= 4 is 0 Å². The van der Waals surface area contributed by atoms with Crippen LogP contribution >= 0.6 is 0 Å². The van der Waals surface area contributed by atoms with Gasteiger partial charge in [0.1, 0.15) is 12.7 Å². The first-order valence-electron chi connectivity index (χ1n) is 9.21. The van der Waals surface area contributed by atoms with Gasteiger partial charge < -0.3 is 14.2 Å².